The molecule has 0 spiro atoms. The van der Waals surface area contributed by atoms with Gasteiger partial charge in [-0.15, -0.1) is 0 Å². The minimum absolute atomic E-state index is 0.113. The van der Waals surface area contributed by atoms with E-state index >= 15 is 0 Å². The Morgan fingerprint density at radius 2 is 2.24 bits per heavy atom. The highest BCUT2D eigenvalue weighted by molar-refractivity contribution is 5.79. The number of rotatable bonds is 4. The second-order valence-corrected chi connectivity index (χ2v) is 4.76. The number of carbonyl (C=O) groups excluding carboxylic acids is 1. The molecule has 6 heteroatoms. The van der Waals surface area contributed by atoms with Crippen LogP contribution in [0.15, 0.2) is 0 Å². The highest BCUT2D eigenvalue weighted by Gasteiger charge is 2.62. The quantitative estimate of drug-likeness (QED) is 0.730. The molecule has 2 atom stereocenters. The van der Waals surface area contributed by atoms with Gasteiger partial charge in [-0.05, 0) is 19.3 Å². The SMILES string of the molecule is CCOC(=O)C(F)(F)C1(O)CNC(C(C)C)C1. The second-order valence-electron chi connectivity index (χ2n) is 4.76. The van der Waals surface area contributed by atoms with E-state index in [0.29, 0.717) is 0 Å². The molecule has 1 aliphatic rings. The number of nitrogens with one attached hydrogen (secondary N) is 1. The molecular weight excluding hydrogens is 232 g/mol. The molecule has 2 unspecified atom stereocenters. The van der Waals surface area contributed by atoms with Crippen LogP contribution in [0.5, 0.6) is 0 Å². The fourth-order valence-electron chi connectivity index (χ4n) is 1.93. The number of hydrogen-bond donors (Lipinski definition) is 2. The van der Waals surface area contributed by atoms with Crippen LogP contribution < -0.4 is 5.32 Å². The van der Waals surface area contributed by atoms with Crippen molar-refractivity contribution in [1.29, 1.82) is 0 Å². The zero-order valence-corrected chi connectivity index (χ0v) is 10.3. The van der Waals surface area contributed by atoms with E-state index in [1.165, 1.54) is 6.92 Å². The van der Waals surface area contributed by atoms with Crippen LogP contribution in [-0.2, 0) is 9.53 Å². The monoisotopic (exact) mass is 251 g/mol. The summed E-state index contributed by atoms with van der Waals surface area (Å²) in [7, 11) is 0. The van der Waals surface area contributed by atoms with Crippen molar-refractivity contribution in [3.05, 3.63) is 0 Å². The number of alkyl halides is 2. The van der Waals surface area contributed by atoms with E-state index in [-0.39, 0.29) is 31.5 Å². The third-order valence-electron chi connectivity index (χ3n) is 3.14. The molecule has 0 aromatic heterocycles. The minimum atomic E-state index is -3.88. The summed E-state index contributed by atoms with van der Waals surface area (Å²) in [6, 6.07) is -0.222. The van der Waals surface area contributed by atoms with E-state index in [0.717, 1.165) is 0 Å². The van der Waals surface area contributed by atoms with Crippen LogP contribution in [0.3, 0.4) is 0 Å². The average Bonchev–Trinajstić information content (AvgIpc) is 2.63. The van der Waals surface area contributed by atoms with Gasteiger partial charge in [0.1, 0.15) is 0 Å². The molecular formula is C11H19F2NO3. The molecule has 0 bridgehead atoms. The summed E-state index contributed by atoms with van der Waals surface area (Å²) in [5.74, 6) is -5.42. The zero-order valence-electron chi connectivity index (χ0n) is 10.3. The summed E-state index contributed by atoms with van der Waals surface area (Å²) >= 11 is 0. The lowest BCUT2D eigenvalue weighted by atomic mass is 9.89. The van der Waals surface area contributed by atoms with Gasteiger partial charge < -0.3 is 15.2 Å². The highest BCUT2D eigenvalue weighted by Crippen LogP contribution is 2.38. The number of aliphatic hydroxyl groups is 1. The van der Waals surface area contributed by atoms with Crippen LogP contribution >= 0.6 is 0 Å². The number of β-amino-alcohol motifs (C(OH)–C–C–N with tert-alkyl or cyclic N) is 1. The number of carbonyl (C=O) groups is 1. The van der Waals surface area contributed by atoms with Crippen LogP contribution in [0.25, 0.3) is 0 Å². The van der Waals surface area contributed by atoms with Gasteiger partial charge >= 0.3 is 11.9 Å². The first-order valence-corrected chi connectivity index (χ1v) is 5.75. The Morgan fingerprint density at radius 3 is 2.65 bits per heavy atom. The standard InChI is InChI=1S/C11H19F2NO3/c1-4-17-9(15)11(12,13)10(16)5-8(7(2)3)14-6-10/h7-8,14,16H,4-6H2,1-3H3. The van der Waals surface area contributed by atoms with E-state index in [2.05, 4.69) is 10.1 Å². The highest BCUT2D eigenvalue weighted by atomic mass is 19.3. The van der Waals surface area contributed by atoms with Crippen LogP contribution in [-0.4, -0.2) is 41.8 Å². The van der Waals surface area contributed by atoms with Gasteiger partial charge in [0.15, 0.2) is 5.60 Å². The molecule has 0 aromatic carbocycles. The largest absolute Gasteiger partial charge is 0.461 e. The van der Waals surface area contributed by atoms with Crippen LogP contribution in [0.2, 0.25) is 0 Å². The molecule has 1 saturated heterocycles. The van der Waals surface area contributed by atoms with Crippen molar-refractivity contribution in [2.45, 2.75) is 44.8 Å². The lowest BCUT2D eigenvalue weighted by Gasteiger charge is -2.29. The number of hydrogen-bond acceptors (Lipinski definition) is 4. The Hall–Kier alpha value is -0.750. The van der Waals surface area contributed by atoms with Crippen LogP contribution in [0.4, 0.5) is 8.78 Å². The van der Waals surface area contributed by atoms with Gasteiger partial charge in [0.25, 0.3) is 0 Å². The second kappa shape index (κ2) is 4.86. The maximum absolute atomic E-state index is 13.8. The predicted octanol–water partition coefficient (Wildman–Crippen LogP) is 0.934. The van der Waals surface area contributed by atoms with E-state index < -0.39 is 17.5 Å². The maximum Gasteiger partial charge on any atom is 0.380 e. The topological polar surface area (TPSA) is 58.6 Å². The van der Waals surface area contributed by atoms with E-state index in [4.69, 9.17) is 0 Å². The van der Waals surface area contributed by atoms with Crippen molar-refractivity contribution in [2.24, 2.45) is 5.92 Å². The van der Waals surface area contributed by atoms with E-state index in [9.17, 15) is 18.7 Å². The Bertz CT molecular complexity index is 296. The van der Waals surface area contributed by atoms with Crippen molar-refractivity contribution in [1.82, 2.24) is 5.32 Å². The van der Waals surface area contributed by atoms with Crippen molar-refractivity contribution in [3.8, 4) is 0 Å². The zero-order chi connectivity index (χ0) is 13.3. The molecule has 1 rings (SSSR count). The van der Waals surface area contributed by atoms with Crippen molar-refractivity contribution >= 4 is 5.97 Å². The van der Waals surface area contributed by atoms with Gasteiger partial charge in [0, 0.05) is 12.6 Å². The van der Waals surface area contributed by atoms with Gasteiger partial charge in [0.05, 0.1) is 6.61 Å². The molecule has 0 aliphatic carbocycles. The summed E-state index contributed by atoms with van der Waals surface area (Å²) in [5, 5.41) is 12.7. The first-order chi connectivity index (χ1) is 7.74. The first-order valence-electron chi connectivity index (χ1n) is 5.75. The van der Waals surface area contributed by atoms with Crippen molar-refractivity contribution < 1.29 is 23.4 Å². The Labute approximate surface area is 99.3 Å². The fraction of sp³-hybridized carbons (Fsp3) is 0.909. The van der Waals surface area contributed by atoms with Gasteiger partial charge in [-0.2, -0.15) is 8.78 Å². The average molecular weight is 251 g/mol. The minimum Gasteiger partial charge on any atom is -0.461 e. The lowest BCUT2D eigenvalue weighted by molar-refractivity contribution is -0.209. The fourth-order valence-corrected chi connectivity index (χ4v) is 1.93. The summed E-state index contributed by atoms with van der Waals surface area (Å²) in [4.78, 5) is 11.2. The number of ether oxygens (including phenoxy) is 1. The summed E-state index contributed by atoms with van der Waals surface area (Å²) < 4.78 is 31.8. The molecule has 4 nitrogen and oxygen atoms in total. The van der Waals surface area contributed by atoms with Crippen molar-refractivity contribution in [2.75, 3.05) is 13.2 Å². The normalized spacial score (nSPS) is 29.7. The van der Waals surface area contributed by atoms with Gasteiger partial charge in [0.2, 0.25) is 0 Å². The van der Waals surface area contributed by atoms with Crippen molar-refractivity contribution in [3.63, 3.8) is 0 Å². The maximum atomic E-state index is 13.8. The molecule has 100 valence electrons. The third-order valence-corrected chi connectivity index (χ3v) is 3.14. The van der Waals surface area contributed by atoms with E-state index in [1.807, 2.05) is 13.8 Å². The Kier molecular flexibility index (Phi) is 4.09. The molecule has 17 heavy (non-hydrogen) atoms. The van der Waals surface area contributed by atoms with E-state index in [1.54, 1.807) is 0 Å². The van der Waals surface area contributed by atoms with Gasteiger partial charge in [-0.25, -0.2) is 4.79 Å². The Morgan fingerprint density at radius 1 is 1.65 bits per heavy atom. The van der Waals surface area contributed by atoms with Gasteiger partial charge in [-0.1, -0.05) is 13.8 Å². The Balaban J connectivity index is 2.81. The molecule has 2 N–H and O–H groups in total. The predicted molar refractivity (Wildman–Crippen MR) is 57.8 cm³/mol. The summed E-state index contributed by atoms with van der Waals surface area (Å²) in [6.45, 7) is 4.74. The van der Waals surface area contributed by atoms with Gasteiger partial charge in [-0.3, -0.25) is 0 Å². The molecule has 1 heterocycles. The number of halogens is 2. The van der Waals surface area contributed by atoms with Crippen LogP contribution in [0.1, 0.15) is 27.2 Å². The number of esters is 1. The summed E-state index contributed by atoms with van der Waals surface area (Å²) in [5.41, 5.74) is -2.35. The molecule has 0 saturated carbocycles. The lowest BCUT2D eigenvalue weighted by Crippen LogP contribution is -2.55. The first kappa shape index (κ1) is 14.3. The molecule has 0 radical (unpaired) electrons. The molecule has 1 aliphatic heterocycles. The smallest absolute Gasteiger partial charge is 0.380 e. The molecule has 0 amide bonds. The molecule has 0 aromatic rings. The third kappa shape index (κ3) is 2.57. The summed E-state index contributed by atoms with van der Waals surface area (Å²) in [6.07, 6.45) is -0.156. The molecule has 1 fully saturated rings. The van der Waals surface area contributed by atoms with Crippen LogP contribution in [0, 0.1) is 5.92 Å².